The lowest BCUT2D eigenvalue weighted by Crippen LogP contribution is -2.39. The van der Waals surface area contributed by atoms with Crippen molar-refractivity contribution >= 4 is 5.97 Å². The van der Waals surface area contributed by atoms with E-state index in [9.17, 15) is 9.90 Å². The third-order valence-electron chi connectivity index (χ3n) is 5.54. The van der Waals surface area contributed by atoms with Crippen molar-refractivity contribution in [3.63, 3.8) is 0 Å². The third-order valence-corrected chi connectivity index (χ3v) is 5.54. The monoisotopic (exact) mass is 413 g/mol. The molecule has 0 aromatic heterocycles. The van der Waals surface area contributed by atoms with Crippen LogP contribution in [-0.4, -0.2) is 49.4 Å². The van der Waals surface area contributed by atoms with Crippen molar-refractivity contribution < 1.29 is 24.1 Å². The average Bonchev–Trinajstić information content (AvgIpc) is 2.76. The highest BCUT2D eigenvalue weighted by molar-refractivity contribution is 5.70. The minimum absolute atomic E-state index is 0.0234. The first kappa shape index (κ1) is 22.0. The Morgan fingerprint density at radius 1 is 1.03 bits per heavy atom. The molecule has 1 aliphatic rings. The van der Waals surface area contributed by atoms with Gasteiger partial charge in [-0.25, -0.2) is 0 Å². The van der Waals surface area contributed by atoms with Crippen LogP contribution < -0.4 is 14.2 Å². The molecule has 2 aromatic carbocycles. The molecule has 30 heavy (non-hydrogen) atoms. The number of nitrogens with zero attached hydrogens (tertiary/aromatic N) is 1. The summed E-state index contributed by atoms with van der Waals surface area (Å²) in [5, 5.41) is 9.38. The molecule has 0 bridgehead atoms. The lowest BCUT2D eigenvalue weighted by molar-refractivity contribution is -0.143. The highest BCUT2D eigenvalue weighted by atomic mass is 16.5. The molecule has 1 heterocycles. The first-order valence-corrected chi connectivity index (χ1v) is 10.6. The summed E-state index contributed by atoms with van der Waals surface area (Å²) >= 11 is 0. The second-order valence-corrected chi connectivity index (χ2v) is 7.40. The molecular weight excluding hydrogens is 382 g/mol. The zero-order valence-corrected chi connectivity index (χ0v) is 18.0. The van der Waals surface area contributed by atoms with Gasteiger partial charge in [-0.2, -0.15) is 0 Å². The molecule has 1 atom stereocenters. The molecule has 0 amide bonds. The second-order valence-electron chi connectivity index (χ2n) is 7.40. The van der Waals surface area contributed by atoms with E-state index in [-0.39, 0.29) is 12.0 Å². The number of methoxy groups -OCH3 is 1. The van der Waals surface area contributed by atoms with Gasteiger partial charge < -0.3 is 19.3 Å². The maximum atomic E-state index is 11.4. The van der Waals surface area contributed by atoms with Crippen LogP contribution in [-0.2, 0) is 4.79 Å². The van der Waals surface area contributed by atoms with Gasteiger partial charge in [0.15, 0.2) is 11.5 Å². The fourth-order valence-corrected chi connectivity index (χ4v) is 4.07. The summed E-state index contributed by atoms with van der Waals surface area (Å²) in [6, 6.07) is 14.1. The van der Waals surface area contributed by atoms with E-state index < -0.39 is 5.97 Å². The molecule has 162 valence electrons. The summed E-state index contributed by atoms with van der Waals surface area (Å²) in [4.78, 5) is 13.8. The number of likely N-dealkylation sites (tertiary alicyclic amines) is 1. The van der Waals surface area contributed by atoms with E-state index in [0.29, 0.717) is 26.1 Å². The number of aliphatic carboxylic acids is 1. The number of hydrogen-bond donors (Lipinski definition) is 1. The van der Waals surface area contributed by atoms with Crippen LogP contribution in [0.5, 0.6) is 17.2 Å². The number of rotatable bonds is 9. The molecule has 3 rings (SSSR count). The van der Waals surface area contributed by atoms with Crippen LogP contribution in [0.3, 0.4) is 0 Å². The van der Waals surface area contributed by atoms with Gasteiger partial charge in [-0.05, 0) is 75.2 Å². The van der Waals surface area contributed by atoms with Crippen LogP contribution in [0, 0.1) is 5.92 Å². The molecule has 1 fully saturated rings. The van der Waals surface area contributed by atoms with E-state index >= 15 is 0 Å². The minimum Gasteiger partial charge on any atom is -0.497 e. The van der Waals surface area contributed by atoms with E-state index in [1.807, 2.05) is 44.2 Å². The number of carboxylic acids is 1. The molecule has 6 nitrogen and oxygen atoms in total. The normalized spacial score (nSPS) is 16.1. The van der Waals surface area contributed by atoms with Gasteiger partial charge in [-0.15, -0.1) is 0 Å². The number of ether oxygens (including phenoxy) is 3. The van der Waals surface area contributed by atoms with Crippen molar-refractivity contribution in [2.45, 2.75) is 32.7 Å². The molecule has 0 radical (unpaired) electrons. The molecule has 2 aromatic rings. The largest absolute Gasteiger partial charge is 0.497 e. The first-order chi connectivity index (χ1) is 14.6. The average molecular weight is 414 g/mol. The van der Waals surface area contributed by atoms with E-state index in [1.165, 1.54) is 0 Å². The number of piperidine rings is 1. The summed E-state index contributed by atoms with van der Waals surface area (Å²) in [6.45, 7) is 6.47. The minimum atomic E-state index is -0.702. The summed E-state index contributed by atoms with van der Waals surface area (Å²) in [5.41, 5.74) is 2.19. The van der Waals surface area contributed by atoms with Gasteiger partial charge in [0.1, 0.15) is 5.75 Å². The van der Waals surface area contributed by atoms with Crippen molar-refractivity contribution in [3.8, 4) is 17.2 Å². The lowest BCUT2D eigenvalue weighted by Gasteiger charge is -2.37. The fraction of sp³-hybridized carbons (Fsp3) is 0.458. The molecule has 1 saturated heterocycles. The Kier molecular flexibility index (Phi) is 7.57. The quantitative estimate of drug-likeness (QED) is 0.658. The van der Waals surface area contributed by atoms with Gasteiger partial charge in [0.05, 0.1) is 32.3 Å². The number of carboxylic acid groups (broad SMARTS) is 1. The Morgan fingerprint density at radius 3 is 2.33 bits per heavy atom. The third kappa shape index (κ3) is 5.05. The van der Waals surface area contributed by atoms with Crippen LogP contribution in [0.4, 0.5) is 0 Å². The van der Waals surface area contributed by atoms with Crippen LogP contribution in [0.1, 0.15) is 43.9 Å². The van der Waals surface area contributed by atoms with Crippen LogP contribution in [0.2, 0.25) is 0 Å². The predicted octanol–water partition coefficient (Wildman–Crippen LogP) is 4.38. The number of benzene rings is 2. The van der Waals surface area contributed by atoms with Crippen molar-refractivity contribution in [1.82, 2.24) is 4.90 Å². The van der Waals surface area contributed by atoms with Gasteiger partial charge in [-0.1, -0.05) is 18.2 Å². The Bertz CT molecular complexity index is 845. The Hall–Kier alpha value is -2.73. The number of carbonyl (C=O) groups is 1. The Balaban J connectivity index is 1.99. The standard InChI is InChI=1S/C24H31NO5/c1-4-29-21-10-9-19(16-22(21)30-5-2)23(18-7-6-8-20(15-18)28-3)25-13-11-17(12-14-25)24(26)27/h6-10,15-17,23H,4-5,11-14H2,1-3H3,(H,26,27). The van der Waals surface area contributed by atoms with E-state index in [4.69, 9.17) is 14.2 Å². The van der Waals surface area contributed by atoms with Gasteiger partial charge in [0, 0.05) is 0 Å². The van der Waals surface area contributed by atoms with Crippen LogP contribution in [0.25, 0.3) is 0 Å². The van der Waals surface area contributed by atoms with Crippen molar-refractivity contribution in [1.29, 1.82) is 0 Å². The summed E-state index contributed by atoms with van der Waals surface area (Å²) in [6.07, 6.45) is 1.29. The fourth-order valence-electron chi connectivity index (χ4n) is 4.07. The molecule has 0 saturated carbocycles. The van der Waals surface area contributed by atoms with E-state index in [0.717, 1.165) is 41.5 Å². The zero-order chi connectivity index (χ0) is 21.5. The Morgan fingerprint density at radius 2 is 1.70 bits per heavy atom. The maximum absolute atomic E-state index is 11.4. The van der Waals surface area contributed by atoms with E-state index in [2.05, 4.69) is 17.0 Å². The van der Waals surface area contributed by atoms with Crippen LogP contribution >= 0.6 is 0 Å². The maximum Gasteiger partial charge on any atom is 0.306 e. The van der Waals surface area contributed by atoms with Crippen molar-refractivity contribution in [2.24, 2.45) is 5.92 Å². The van der Waals surface area contributed by atoms with Gasteiger partial charge in [-0.3, -0.25) is 9.69 Å². The van der Waals surface area contributed by atoms with Gasteiger partial charge in [0.25, 0.3) is 0 Å². The smallest absolute Gasteiger partial charge is 0.306 e. The predicted molar refractivity (Wildman–Crippen MR) is 116 cm³/mol. The topological polar surface area (TPSA) is 68.2 Å². The Labute approximate surface area is 178 Å². The molecule has 6 heteroatoms. The second kappa shape index (κ2) is 10.3. The van der Waals surface area contributed by atoms with E-state index in [1.54, 1.807) is 7.11 Å². The molecular formula is C24H31NO5. The van der Waals surface area contributed by atoms with Gasteiger partial charge in [0.2, 0.25) is 0 Å². The SMILES string of the molecule is CCOc1ccc(C(c2cccc(OC)c2)N2CCC(C(=O)O)CC2)cc1OCC. The van der Waals surface area contributed by atoms with Crippen LogP contribution in [0.15, 0.2) is 42.5 Å². The first-order valence-electron chi connectivity index (χ1n) is 10.6. The molecule has 1 N–H and O–H groups in total. The highest BCUT2D eigenvalue weighted by Gasteiger charge is 2.31. The van der Waals surface area contributed by atoms with Gasteiger partial charge >= 0.3 is 5.97 Å². The molecule has 0 spiro atoms. The molecule has 1 unspecified atom stereocenters. The lowest BCUT2D eigenvalue weighted by atomic mass is 9.91. The zero-order valence-electron chi connectivity index (χ0n) is 18.0. The van der Waals surface area contributed by atoms with Crippen molar-refractivity contribution in [3.05, 3.63) is 53.6 Å². The summed E-state index contributed by atoms with van der Waals surface area (Å²) in [5.74, 6) is 1.29. The highest BCUT2D eigenvalue weighted by Crippen LogP contribution is 2.38. The molecule has 1 aliphatic heterocycles. The summed E-state index contributed by atoms with van der Waals surface area (Å²) < 4.78 is 17.0. The molecule has 0 aliphatic carbocycles. The van der Waals surface area contributed by atoms with Crippen molar-refractivity contribution in [2.75, 3.05) is 33.4 Å². The number of hydrogen-bond acceptors (Lipinski definition) is 5. The summed E-state index contributed by atoms with van der Waals surface area (Å²) in [7, 11) is 1.66.